The van der Waals surface area contributed by atoms with Crippen LogP contribution in [0.15, 0.2) is 16.6 Å². The Morgan fingerprint density at radius 1 is 1.39 bits per heavy atom. The number of benzene rings is 1. The normalized spacial score (nSPS) is 12.1. The van der Waals surface area contributed by atoms with Crippen LogP contribution in [0.1, 0.15) is 25.0 Å². The van der Waals surface area contributed by atoms with Gasteiger partial charge in [-0.15, -0.1) is 0 Å². The van der Waals surface area contributed by atoms with E-state index < -0.39 is 0 Å². The van der Waals surface area contributed by atoms with Gasteiger partial charge in [0.05, 0.1) is 12.5 Å². The minimum absolute atomic E-state index is 0.144. The third-order valence-corrected chi connectivity index (χ3v) is 3.99. The first-order chi connectivity index (χ1) is 8.45. The summed E-state index contributed by atoms with van der Waals surface area (Å²) in [5.74, 6) is -0.301. The molecule has 1 unspecified atom stereocenters. The number of hydrogen-bond donors (Lipinski definition) is 1. The zero-order valence-electron chi connectivity index (χ0n) is 11.3. The van der Waals surface area contributed by atoms with Gasteiger partial charge >= 0.3 is 5.97 Å². The summed E-state index contributed by atoms with van der Waals surface area (Å²) in [7, 11) is 0. The number of carbonyl (C=O) groups is 1. The van der Waals surface area contributed by atoms with E-state index in [4.69, 9.17) is 4.74 Å². The summed E-state index contributed by atoms with van der Waals surface area (Å²) >= 11 is 3.54. The highest BCUT2D eigenvalue weighted by molar-refractivity contribution is 9.10. The van der Waals surface area contributed by atoms with Gasteiger partial charge in [0.15, 0.2) is 0 Å². The predicted octanol–water partition coefficient (Wildman–Crippen LogP) is 3.68. The second-order valence-corrected chi connectivity index (χ2v) is 5.25. The van der Waals surface area contributed by atoms with E-state index in [-0.39, 0.29) is 11.9 Å². The van der Waals surface area contributed by atoms with E-state index in [1.165, 1.54) is 11.1 Å². The minimum atomic E-state index is -0.157. The van der Waals surface area contributed by atoms with E-state index in [9.17, 15) is 4.79 Å². The molecule has 0 aliphatic carbocycles. The number of halogens is 1. The SMILES string of the molecule is CCOC(=O)C(C)CNc1cc(C)c(Br)c(C)c1. The van der Waals surface area contributed by atoms with Gasteiger partial charge in [0.1, 0.15) is 0 Å². The maximum absolute atomic E-state index is 11.5. The lowest BCUT2D eigenvalue weighted by Gasteiger charge is -2.14. The average Bonchev–Trinajstić information content (AvgIpc) is 2.33. The molecule has 1 atom stereocenters. The van der Waals surface area contributed by atoms with E-state index in [0.29, 0.717) is 13.2 Å². The van der Waals surface area contributed by atoms with Crippen molar-refractivity contribution in [3.05, 3.63) is 27.7 Å². The lowest BCUT2D eigenvalue weighted by Crippen LogP contribution is -2.22. The first-order valence-electron chi connectivity index (χ1n) is 6.13. The molecular weight excluding hydrogens is 294 g/mol. The summed E-state index contributed by atoms with van der Waals surface area (Å²) in [5.41, 5.74) is 3.40. The second-order valence-electron chi connectivity index (χ2n) is 4.46. The van der Waals surface area contributed by atoms with Crippen molar-refractivity contribution in [1.82, 2.24) is 0 Å². The molecule has 0 fully saturated rings. The Morgan fingerprint density at radius 2 is 1.94 bits per heavy atom. The van der Waals surface area contributed by atoms with Gasteiger partial charge in [-0.3, -0.25) is 4.79 Å². The fraction of sp³-hybridized carbons (Fsp3) is 0.500. The molecule has 1 aromatic carbocycles. The molecule has 0 aromatic heterocycles. The molecular formula is C14H20BrNO2. The average molecular weight is 314 g/mol. The van der Waals surface area contributed by atoms with Crippen molar-refractivity contribution < 1.29 is 9.53 Å². The molecule has 0 aliphatic rings. The molecule has 0 bridgehead atoms. The van der Waals surface area contributed by atoms with Crippen LogP contribution in [-0.4, -0.2) is 19.1 Å². The summed E-state index contributed by atoms with van der Waals surface area (Å²) in [4.78, 5) is 11.5. The fourth-order valence-corrected chi connectivity index (χ4v) is 1.92. The second kappa shape index (κ2) is 6.78. The van der Waals surface area contributed by atoms with Gasteiger partial charge in [0.2, 0.25) is 0 Å². The molecule has 0 spiro atoms. The number of aryl methyl sites for hydroxylation is 2. The molecule has 0 saturated heterocycles. The largest absolute Gasteiger partial charge is 0.466 e. The Hall–Kier alpha value is -1.03. The summed E-state index contributed by atoms with van der Waals surface area (Å²) in [6.07, 6.45) is 0. The lowest BCUT2D eigenvalue weighted by atomic mass is 10.1. The monoisotopic (exact) mass is 313 g/mol. The Morgan fingerprint density at radius 3 is 2.44 bits per heavy atom. The van der Waals surface area contributed by atoms with Crippen LogP contribution in [-0.2, 0) is 9.53 Å². The standard InChI is InChI=1S/C14H20BrNO2/c1-5-18-14(17)11(4)8-16-12-6-9(2)13(15)10(3)7-12/h6-7,11,16H,5,8H2,1-4H3. The summed E-state index contributed by atoms with van der Waals surface area (Å²) < 4.78 is 6.10. The highest BCUT2D eigenvalue weighted by Gasteiger charge is 2.13. The van der Waals surface area contributed by atoms with Crippen molar-refractivity contribution in [1.29, 1.82) is 0 Å². The van der Waals surface area contributed by atoms with Crippen LogP contribution < -0.4 is 5.32 Å². The third kappa shape index (κ3) is 4.02. The minimum Gasteiger partial charge on any atom is -0.466 e. The molecule has 0 heterocycles. The quantitative estimate of drug-likeness (QED) is 0.843. The first kappa shape index (κ1) is 15.0. The van der Waals surface area contributed by atoms with Gasteiger partial charge in [-0.1, -0.05) is 22.9 Å². The number of hydrogen-bond acceptors (Lipinski definition) is 3. The van der Waals surface area contributed by atoms with Crippen LogP contribution in [0.5, 0.6) is 0 Å². The van der Waals surface area contributed by atoms with Crippen molar-refractivity contribution >= 4 is 27.6 Å². The lowest BCUT2D eigenvalue weighted by molar-refractivity contribution is -0.146. The van der Waals surface area contributed by atoms with Gasteiger partial charge in [0.25, 0.3) is 0 Å². The van der Waals surface area contributed by atoms with E-state index in [2.05, 4.69) is 47.2 Å². The number of carbonyl (C=O) groups excluding carboxylic acids is 1. The Bertz CT molecular complexity index is 409. The molecule has 18 heavy (non-hydrogen) atoms. The molecule has 1 N–H and O–H groups in total. The van der Waals surface area contributed by atoms with Crippen LogP contribution in [0.2, 0.25) is 0 Å². The predicted molar refractivity (Wildman–Crippen MR) is 77.9 cm³/mol. The smallest absolute Gasteiger partial charge is 0.310 e. The Labute approximate surface area is 117 Å². The van der Waals surface area contributed by atoms with Crippen molar-refractivity contribution in [3.8, 4) is 0 Å². The van der Waals surface area contributed by atoms with E-state index >= 15 is 0 Å². The Kier molecular flexibility index (Phi) is 5.66. The summed E-state index contributed by atoms with van der Waals surface area (Å²) in [6.45, 7) is 8.80. The van der Waals surface area contributed by atoms with Gasteiger partial charge in [-0.2, -0.15) is 0 Å². The Balaban J connectivity index is 2.61. The summed E-state index contributed by atoms with van der Waals surface area (Å²) in [5, 5.41) is 3.27. The molecule has 0 aliphatic heterocycles. The molecule has 1 rings (SSSR count). The van der Waals surface area contributed by atoms with Crippen LogP contribution in [0.4, 0.5) is 5.69 Å². The fourth-order valence-electron chi connectivity index (χ4n) is 1.69. The van der Waals surface area contributed by atoms with Gasteiger partial charge in [0, 0.05) is 16.7 Å². The summed E-state index contributed by atoms with van der Waals surface area (Å²) in [6, 6.07) is 4.13. The molecule has 3 nitrogen and oxygen atoms in total. The number of rotatable bonds is 5. The molecule has 0 radical (unpaired) electrons. The molecule has 0 saturated carbocycles. The molecule has 1 aromatic rings. The maximum Gasteiger partial charge on any atom is 0.310 e. The first-order valence-corrected chi connectivity index (χ1v) is 6.92. The number of esters is 1. The van der Waals surface area contributed by atoms with Crippen molar-refractivity contribution in [2.75, 3.05) is 18.5 Å². The molecule has 4 heteroatoms. The van der Waals surface area contributed by atoms with Crippen molar-refractivity contribution in [3.63, 3.8) is 0 Å². The molecule has 0 amide bonds. The zero-order valence-corrected chi connectivity index (χ0v) is 12.9. The highest BCUT2D eigenvalue weighted by atomic mass is 79.9. The zero-order chi connectivity index (χ0) is 13.7. The van der Waals surface area contributed by atoms with Crippen LogP contribution in [0, 0.1) is 19.8 Å². The van der Waals surface area contributed by atoms with Gasteiger partial charge in [-0.05, 0) is 44.0 Å². The number of nitrogens with one attached hydrogen (secondary N) is 1. The van der Waals surface area contributed by atoms with E-state index in [1.54, 1.807) is 0 Å². The highest BCUT2D eigenvalue weighted by Crippen LogP contribution is 2.25. The number of ether oxygens (including phenoxy) is 1. The molecule has 100 valence electrons. The van der Waals surface area contributed by atoms with Crippen LogP contribution in [0.25, 0.3) is 0 Å². The van der Waals surface area contributed by atoms with E-state index in [1.807, 2.05) is 13.8 Å². The van der Waals surface area contributed by atoms with Gasteiger partial charge in [-0.25, -0.2) is 0 Å². The topological polar surface area (TPSA) is 38.3 Å². The van der Waals surface area contributed by atoms with Crippen molar-refractivity contribution in [2.45, 2.75) is 27.7 Å². The number of anilines is 1. The van der Waals surface area contributed by atoms with Crippen molar-refractivity contribution in [2.24, 2.45) is 5.92 Å². The maximum atomic E-state index is 11.5. The van der Waals surface area contributed by atoms with Crippen LogP contribution >= 0.6 is 15.9 Å². The van der Waals surface area contributed by atoms with Crippen LogP contribution in [0.3, 0.4) is 0 Å². The van der Waals surface area contributed by atoms with E-state index in [0.717, 1.165) is 10.2 Å². The van der Waals surface area contributed by atoms with Gasteiger partial charge < -0.3 is 10.1 Å². The third-order valence-electron chi connectivity index (χ3n) is 2.74.